The molecule has 2 N–H and O–H groups in total. The molecule has 0 radical (unpaired) electrons. The Morgan fingerprint density at radius 2 is 2.25 bits per heavy atom. The molecule has 20 heavy (non-hydrogen) atoms. The van der Waals surface area contributed by atoms with Crippen molar-refractivity contribution in [3.05, 3.63) is 47.0 Å². The SMILES string of the molecule is O=C(Nc1ncc(Cc2ccccc2)s1)C1CCCN1. The van der Waals surface area contributed by atoms with Crippen molar-refractivity contribution in [1.29, 1.82) is 0 Å². The van der Waals surface area contributed by atoms with Crippen LogP contribution < -0.4 is 10.6 Å². The van der Waals surface area contributed by atoms with Crippen LogP contribution in [0.25, 0.3) is 0 Å². The summed E-state index contributed by atoms with van der Waals surface area (Å²) in [5.41, 5.74) is 1.26. The van der Waals surface area contributed by atoms with Crippen molar-refractivity contribution < 1.29 is 4.79 Å². The van der Waals surface area contributed by atoms with Crippen molar-refractivity contribution in [2.24, 2.45) is 0 Å². The van der Waals surface area contributed by atoms with E-state index in [1.165, 1.54) is 5.56 Å². The predicted octanol–water partition coefficient (Wildman–Crippen LogP) is 2.42. The first-order valence-electron chi connectivity index (χ1n) is 6.84. The molecule has 0 saturated carbocycles. The average molecular weight is 287 g/mol. The quantitative estimate of drug-likeness (QED) is 0.908. The molecule has 4 nitrogen and oxygen atoms in total. The van der Waals surface area contributed by atoms with Crippen LogP contribution >= 0.6 is 11.3 Å². The highest BCUT2D eigenvalue weighted by atomic mass is 32.1. The van der Waals surface area contributed by atoms with Crippen LogP contribution in [0.4, 0.5) is 5.13 Å². The number of thiazole rings is 1. The van der Waals surface area contributed by atoms with Gasteiger partial charge in [-0.25, -0.2) is 4.98 Å². The van der Waals surface area contributed by atoms with Crippen molar-refractivity contribution >= 4 is 22.4 Å². The van der Waals surface area contributed by atoms with Crippen LogP contribution in [-0.4, -0.2) is 23.5 Å². The molecule has 0 aliphatic carbocycles. The lowest BCUT2D eigenvalue weighted by Crippen LogP contribution is -2.35. The summed E-state index contributed by atoms with van der Waals surface area (Å²) in [7, 11) is 0. The Hall–Kier alpha value is -1.72. The number of anilines is 1. The van der Waals surface area contributed by atoms with E-state index in [1.54, 1.807) is 11.3 Å². The molecular formula is C15H17N3OS. The summed E-state index contributed by atoms with van der Waals surface area (Å²) in [5, 5.41) is 6.77. The molecule has 1 aromatic heterocycles. The summed E-state index contributed by atoms with van der Waals surface area (Å²) in [6.07, 6.45) is 4.68. The lowest BCUT2D eigenvalue weighted by molar-refractivity contribution is -0.117. The lowest BCUT2D eigenvalue weighted by atomic mass is 10.1. The van der Waals surface area contributed by atoms with Crippen LogP contribution in [0.5, 0.6) is 0 Å². The third-order valence-corrected chi connectivity index (χ3v) is 4.29. The maximum Gasteiger partial charge on any atom is 0.243 e. The first-order chi connectivity index (χ1) is 9.81. The number of nitrogens with one attached hydrogen (secondary N) is 2. The minimum atomic E-state index is -0.0588. The molecule has 104 valence electrons. The van der Waals surface area contributed by atoms with Gasteiger partial charge >= 0.3 is 0 Å². The molecule has 0 spiro atoms. The molecule has 5 heteroatoms. The third-order valence-electron chi connectivity index (χ3n) is 3.38. The monoisotopic (exact) mass is 287 g/mol. The summed E-state index contributed by atoms with van der Waals surface area (Å²) < 4.78 is 0. The molecule has 1 unspecified atom stereocenters. The third kappa shape index (κ3) is 3.23. The van der Waals surface area contributed by atoms with Crippen LogP contribution in [0.1, 0.15) is 23.3 Å². The summed E-state index contributed by atoms with van der Waals surface area (Å²) in [6.45, 7) is 0.926. The molecule has 1 aromatic carbocycles. The predicted molar refractivity (Wildman–Crippen MR) is 81.0 cm³/mol. The van der Waals surface area contributed by atoms with Crippen molar-refractivity contribution in [2.45, 2.75) is 25.3 Å². The minimum Gasteiger partial charge on any atom is -0.306 e. The lowest BCUT2D eigenvalue weighted by Gasteiger charge is -2.08. The van der Waals surface area contributed by atoms with Gasteiger partial charge in [0, 0.05) is 17.5 Å². The van der Waals surface area contributed by atoms with Gasteiger partial charge in [0.15, 0.2) is 5.13 Å². The second kappa shape index (κ2) is 6.15. The van der Waals surface area contributed by atoms with E-state index < -0.39 is 0 Å². The van der Waals surface area contributed by atoms with E-state index >= 15 is 0 Å². The van der Waals surface area contributed by atoms with Crippen molar-refractivity contribution in [1.82, 2.24) is 10.3 Å². The number of carbonyl (C=O) groups is 1. The van der Waals surface area contributed by atoms with Crippen molar-refractivity contribution in [2.75, 3.05) is 11.9 Å². The van der Waals surface area contributed by atoms with Gasteiger partial charge in [-0.2, -0.15) is 0 Å². The Bertz CT molecular complexity index is 576. The second-order valence-corrected chi connectivity index (χ2v) is 6.05. The summed E-state index contributed by atoms with van der Waals surface area (Å²) in [5.74, 6) is 0.0307. The summed E-state index contributed by atoms with van der Waals surface area (Å²) >= 11 is 1.54. The average Bonchev–Trinajstić information content (AvgIpc) is 3.11. The molecule has 0 bridgehead atoms. The van der Waals surface area contributed by atoms with E-state index in [1.807, 2.05) is 24.4 Å². The van der Waals surface area contributed by atoms with Gasteiger partial charge in [-0.05, 0) is 24.9 Å². The highest BCUT2D eigenvalue weighted by molar-refractivity contribution is 7.15. The van der Waals surface area contributed by atoms with E-state index in [2.05, 4.69) is 27.8 Å². The van der Waals surface area contributed by atoms with Crippen molar-refractivity contribution in [3.8, 4) is 0 Å². The highest BCUT2D eigenvalue weighted by Gasteiger charge is 2.22. The topological polar surface area (TPSA) is 54.0 Å². The maximum absolute atomic E-state index is 12.0. The Balaban J connectivity index is 1.60. The zero-order valence-electron chi connectivity index (χ0n) is 11.1. The van der Waals surface area contributed by atoms with Crippen LogP contribution in [0.2, 0.25) is 0 Å². The molecule has 1 saturated heterocycles. The van der Waals surface area contributed by atoms with Gasteiger partial charge in [-0.1, -0.05) is 30.3 Å². The Labute approximate surface area is 122 Å². The standard InChI is InChI=1S/C15H17N3OS/c19-14(13-7-4-8-16-13)18-15-17-10-12(20-15)9-11-5-2-1-3-6-11/h1-3,5-6,10,13,16H,4,7-9H2,(H,17,18,19). The number of hydrogen-bond donors (Lipinski definition) is 2. The van der Waals surface area contributed by atoms with Gasteiger partial charge in [0.05, 0.1) is 6.04 Å². The first-order valence-corrected chi connectivity index (χ1v) is 7.66. The van der Waals surface area contributed by atoms with Gasteiger partial charge in [-0.15, -0.1) is 11.3 Å². The molecular weight excluding hydrogens is 270 g/mol. The van der Waals surface area contributed by atoms with Crippen LogP contribution in [0, 0.1) is 0 Å². The van der Waals surface area contributed by atoms with Gasteiger partial charge < -0.3 is 10.6 Å². The zero-order chi connectivity index (χ0) is 13.8. The number of benzene rings is 1. The van der Waals surface area contributed by atoms with E-state index in [-0.39, 0.29) is 11.9 Å². The van der Waals surface area contributed by atoms with Gasteiger partial charge in [0.1, 0.15) is 0 Å². The fourth-order valence-corrected chi connectivity index (χ4v) is 3.19. The molecule has 1 amide bonds. The van der Waals surface area contributed by atoms with Crippen molar-refractivity contribution in [3.63, 3.8) is 0 Å². The Kier molecular flexibility index (Phi) is 4.08. The van der Waals surface area contributed by atoms with Gasteiger partial charge in [0.2, 0.25) is 5.91 Å². The minimum absolute atomic E-state index is 0.0307. The maximum atomic E-state index is 12.0. The first kappa shape index (κ1) is 13.3. The van der Waals surface area contributed by atoms with Gasteiger partial charge in [0.25, 0.3) is 0 Å². The molecule has 1 atom stereocenters. The summed E-state index contributed by atoms with van der Waals surface area (Å²) in [6, 6.07) is 10.2. The molecule has 1 aliphatic heterocycles. The number of hydrogen-bond acceptors (Lipinski definition) is 4. The highest BCUT2D eigenvalue weighted by Crippen LogP contribution is 2.21. The molecule has 1 fully saturated rings. The number of rotatable bonds is 4. The number of aromatic nitrogens is 1. The molecule has 1 aliphatic rings. The Morgan fingerprint density at radius 1 is 1.40 bits per heavy atom. The smallest absolute Gasteiger partial charge is 0.243 e. The summed E-state index contributed by atoms with van der Waals surface area (Å²) in [4.78, 5) is 17.4. The molecule has 2 aromatic rings. The fourth-order valence-electron chi connectivity index (χ4n) is 2.34. The number of nitrogens with zero attached hydrogens (tertiary/aromatic N) is 1. The molecule has 2 heterocycles. The normalized spacial score (nSPS) is 18.1. The molecule has 3 rings (SSSR count). The van der Waals surface area contributed by atoms with E-state index in [0.717, 1.165) is 30.7 Å². The van der Waals surface area contributed by atoms with E-state index in [0.29, 0.717) is 5.13 Å². The van der Waals surface area contributed by atoms with Crippen LogP contribution in [0.3, 0.4) is 0 Å². The van der Waals surface area contributed by atoms with Gasteiger partial charge in [-0.3, -0.25) is 4.79 Å². The largest absolute Gasteiger partial charge is 0.306 e. The zero-order valence-corrected chi connectivity index (χ0v) is 12.0. The number of carbonyl (C=O) groups excluding carboxylic acids is 1. The fraction of sp³-hybridized carbons (Fsp3) is 0.333. The Morgan fingerprint density at radius 3 is 3.00 bits per heavy atom. The van der Waals surface area contributed by atoms with E-state index in [4.69, 9.17) is 0 Å². The van der Waals surface area contributed by atoms with Crippen LogP contribution in [-0.2, 0) is 11.2 Å². The second-order valence-electron chi connectivity index (χ2n) is 4.93. The number of amides is 1. The van der Waals surface area contributed by atoms with E-state index in [9.17, 15) is 4.79 Å². The van der Waals surface area contributed by atoms with Crippen LogP contribution in [0.15, 0.2) is 36.5 Å².